The summed E-state index contributed by atoms with van der Waals surface area (Å²) in [5.41, 5.74) is 4.45. The van der Waals surface area contributed by atoms with E-state index in [1.807, 2.05) is 49.0 Å². The summed E-state index contributed by atoms with van der Waals surface area (Å²) in [7, 11) is 1.60. The van der Waals surface area contributed by atoms with Gasteiger partial charge in [0.1, 0.15) is 17.1 Å². The van der Waals surface area contributed by atoms with E-state index in [4.69, 9.17) is 4.99 Å². The number of amides is 3. The molecule has 0 spiro atoms. The summed E-state index contributed by atoms with van der Waals surface area (Å²) in [5.74, 6) is 0.395. The molecule has 0 radical (unpaired) electrons. The van der Waals surface area contributed by atoms with Crippen molar-refractivity contribution in [3.05, 3.63) is 40.7 Å². The van der Waals surface area contributed by atoms with Crippen LogP contribution in [0.25, 0.3) is 5.69 Å². The Hall–Kier alpha value is -3.29. The third kappa shape index (κ3) is 3.08. The van der Waals surface area contributed by atoms with Crippen LogP contribution in [0.3, 0.4) is 0 Å². The number of imide groups is 1. The lowest BCUT2D eigenvalue weighted by Crippen LogP contribution is -2.64. The summed E-state index contributed by atoms with van der Waals surface area (Å²) in [6.45, 7) is 13.1. The molecule has 1 aromatic heterocycles. The Bertz CT molecular complexity index is 1220. The largest absolute Gasteiger partial charge is 0.407 e. The monoisotopic (exact) mass is 436 g/mol. The van der Waals surface area contributed by atoms with Crippen molar-refractivity contribution >= 4 is 29.5 Å². The highest BCUT2D eigenvalue weighted by atomic mass is 16.2. The zero-order valence-electron chi connectivity index (χ0n) is 20.0. The molecular formula is C24H30N5O3+. The van der Waals surface area contributed by atoms with E-state index in [-0.39, 0.29) is 12.3 Å². The Morgan fingerprint density at radius 3 is 2.38 bits per heavy atom. The molecule has 8 heteroatoms. The van der Waals surface area contributed by atoms with Crippen molar-refractivity contribution in [2.24, 2.45) is 10.4 Å². The summed E-state index contributed by atoms with van der Waals surface area (Å²) in [6.07, 6.45) is 0. The predicted molar refractivity (Wildman–Crippen MR) is 120 cm³/mol. The van der Waals surface area contributed by atoms with Crippen LogP contribution in [0.1, 0.15) is 49.3 Å². The lowest BCUT2D eigenvalue weighted by atomic mass is 9.90. The van der Waals surface area contributed by atoms with E-state index in [1.165, 1.54) is 4.90 Å². The van der Waals surface area contributed by atoms with Crippen molar-refractivity contribution in [2.45, 2.75) is 54.5 Å². The number of ketones is 1. The first-order chi connectivity index (χ1) is 14.8. The van der Waals surface area contributed by atoms with E-state index in [2.05, 4.69) is 6.07 Å². The number of carbonyl (C=O) groups is 3. The Kier molecular flexibility index (Phi) is 4.87. The van der Waals surface area contributed by atoms with Crippen molar-refractivity contribution in [1.29, 1.82) is 0 Å². The molecule has 1 aromatic carbocycles. The van der Waals surface area contributed by atoms with Crippen LogP contribution in [0.2, 0.25) is 0 Å². The van der Waals surface area contributed by atoms with Gasteiger partial charge in [-0.05, 0) is 39.3 Å². The second kappa shape index (κ2) is 7.12. The molecule has 0 aliphatic carbocycles. The summed E-state index contributed by atoms with van der Waals surface area (Å²) < 4.78 is 3.91. The van der Waals surface area contributed by atoms with Crippen molar-refractivity contribution in [3.8, 4) is 5.69 Å². The summed E-state index contributed by atoms with van der Waals surface area (Å²) in [6, 6.07) is 4.90. The number of likely N-dealkylation sites (N-methyl/N-ethyl adjacent to an activating group) is 1. The highest BCUT2D eigenvalue weighted by molar-refractivity contribution is 6.20. The maximum Gasteiger partial charge on any atom is 0.407 e. The topological polar surface area (TPSA) is 78.9 Å². The normalized spacial score (nSPS) is 18.1. The quantitative estimate of drug-likeness (QED) is 0.694. The van der Waals surface area contributed by atoms with Gasteiger partial charge < -0.3 is 0 Å². The molecule has 0 N–H and O–H groups in total. The maximum atomic E-state index is 13.5. The number of aliphatic imine (C=N–C) groups is 1. The Labute approximate surface area is 188 Å². The zero-order chi connectivity index (χ0) is 23.7. The number of amidine groups is 1. The molecule has 3 amide bonds. The zero-order valence-corrected chi connectivity index (χ0v) is 20.0. The molecule has 168 valence electrons. The van der Waals surface area contributed by atoms with Crippen LogP contribution >= 0.6 is 0 Å². The van der Waals surface area contributed by atoms with E-state index >= 15 is 0 Å². The number of fused-ring (bicyclic) bond motifs is 3. The molecule has 1 unspecified atom stereocenters. The second-order valence-electron chi connectivity index (χ2n) is 9.78. The van der Waals surface area contributed by atoms with E-state index in [9.17, 15) is 14.4 Å². The van der Waals surface area contributed by atoms with Gasteiger partial charge in [0.25, 0.3) is 5.91 Å². The molecule has 1 atom stereocenters. The molecule has 0 saturated carbocycles. The maximum absolute atomic E-state index is 13.5. The number of nitrogens with zero attached hydrogens (tertiary/aromatic N) is 5. The first-order valence-corrected chi connectivity index (χ1v) is 10.8. The fraction of sp³-hybridized carbons (Fsp3) is 0.458. The molecule has 1 saturated heterocycles. The SMILES string of the molecule is Cc1ccc(-n2c(C)c(C)[n+]3c2N=C2C3C(=O)N(CC(=O)C(C)(C)C)C(=O)N2C)c(C)c1. The average molecular weight is 437 g/mol. The first-order valence-electron chi connectivity index (χ1n) is 10.8. The summed E-state index contributed by atoms with van der Waals surface area (Å²) in [4.78, 5) is 46.4. The lowest BCUT2D eigenvalue weighted by Gasteiger charge is -2.34. The lowest BCUT2D eigenvalue weighted by molar-refractivity contribution is -0.682. The Morgan fingerprint density at radius 1 is 1.12 bits per heavy atom. The first kappa shape index (κ1) is 21.9. The van der Waals surface area contributed by atoms with Crippen LogP contribution in [0.5, 0.6) is 0 Å². The summed E-state index contributed by atoms with van der Waals surface area (Å²) in [5, 5.41) is 0. The van der Waals surface area contributed by atoms with Gasteiger partial charge in [0.15, 0.2) is 5.78 Å². The molecule has 0 bridgehead atoms. The molecule has 4 rings (SSSR count). The van der Waals surface area contributed by atoms with Crippen LogP contribution in [0.15, 0.2) is 23.2 Å². The van der Waals surface area contributed by atoms with Gasteiger partial charge in [0.2, 0.25) is 11.9 Å². The fourth-order valence-corrected chi connectivity index (χ4v) is 4.31. The van der Waals surface area contributed by atoms with Crippen molar-refractivity contribution in [2.75, 3.05) is 13.6 Å². The van der Waals surface area contributed by atoms with Crippen LogP contribution in [0, 0.1) is 33.1 Å². The molecule has 3 heterocycles. The minimum atomic E-state index is -0.772. The van der Waals surface area contributed by atoms with E-state index in [0.29, 0.717) is 11.8 Å². The number of carbonyl (C=O) groups excluding carboxylic acids is 3. The number of hydrogen-bond acceptors (Lipinski definition) is 4. The van der Waals surface area contributed by atoms with E-state index < -0.39 is 23.4 Å². The van der Waals surface area contributed by atoms with Crippen molar-refractivity contribution < 1.29 is 19.0 Å². The molecule has 2 aromatic rings. The number of aromatic nitrogens is 2. The molecule has 32 heavy (non-hydrogen) atoms. The Morgan fingerprint density at radius 2 is 1.78 bits per heavy atom. The molecule has 2 aliphatic heterocycles. The number of imidazole rings is 1. The van der Waals surface area contributed by atoms with Gasteiger partial charge in [-0.2, -0.15) is 4.57 Å². The van der Waals surface area contributed by atoms with Gasteiger partial charge in [-0.3, -0.25) is 19.4 Å². The molecular weight excluding hydrogens is 406 g/mol. The smallest absolute Gasteiger partial charge is 0.297 e. The van der Waals surface area contributed by atoms with Crippen LogP contribution < -0.4 is 4.57 Å². The van der Waals surface area contributed by atoms with Crippen molar-refractivity contribution in [3.63, 3.8) is 0 Å². The number of Topliss-reactive ketones (excluding diaryl/α,β-unsaturated/α-hetero) is 1. The Balaban J connectivity index is 1.84. The van der Waals surface area contributed by atoms with Gasteiger partial charge in [0.05, 0.1) is 6.54 Å². The van der Waals surface area contributed by atoms with Gasteiger partial charge in [-0.1, -0.05) is 43.5 Å². The highest BCUT2D eigenvalue weighted by Gasteiger charge is 2.54. The van der Waals surface area contributed by atoms with Crippen LogP contribution in [0.4, 0.5) is 10.7 Å². The standard InChI is InChI=1S/C24H30N5O3/c1-13-9-10-17(14(2)11-13)28-15(3)16(4)29-19-20(25-22(28)29)26(8)23(32)27(21(19)31)12-18(30)24(5,6)7/h9-11,19H,12H2,1-8H3/q+1. The van der Waals surface area contributed by atoms with Gasteiger partial charge >= 0.3 is 12.0 Å². The fourth-order valence-electron chi connectivity index (χ4n) is 4.31. The van der Waals surface area contributed by atoms with E-state index in [0.717, 1.165) is 33.1 Å². The van der Waals surface area contributed by atoms with Gasteiger partial charge in [0, 0.05) is 12.5 Å². The molecule has 2 aliphatic rings. The predicted octanol–water partition coefficient (Wildman–Crippen LogP) is 3.09. The van der Waals surface area contributed by atoms with E-state index in [1.54, 1.807) is 27.8 Å². The number of urea groups is 1. The van der Waals surface area contributed by atoms with Gasteiger partial charge in [-0.15, -0.1) is 0 Å². The van der Waals surface area contributed by atoms with Gasteiger partial charge in [-0.25, -0.2) is 9.36 Å². The molecule has 8 nitrogen and oxygen atoms in total. The summed E-state index contributed by atoms with van der Waals surface area (Å²) >= 11 is 0. The number of aryl methyl sites for hydroxylation is 2. The van der Waals surface area contributed by atoms with Crippen LogP contribution in [-0.2, 0) is 9.59 Å². The number of rotatable bonds is 3. The average Bonchev–Trinajstić information content (AvgIpc) is 3.19. The minimum absolute atomic E-state index is 0.169. The molecule has 1 fully saturated rings. The minimum Gasteiger partial charge on any atom is -0.297 e. The third-order valence-electron chi connectivity index (χ3n) is 6.45. The third-order valence-corrected chi connectivity index (χ3v) is 6.45. The number of hydrogen-bond donors (Lipinski definition) is 0. The second-order valence-corrected chi connectivity index (χ2v) is 9.78. The van der Waals surface area contributed by atoms with Crippen molar-refractivity contribution in [1.82, 2.24) is 14.4 Å². The number of benzene rings is 1. The highest BCUT2D eigenvalue weighted by Crippen LogP contribution is 2.34. The van der Waals surface area contributed by atoms with Crippen LogP contribution in [-0.4, -0.2) is 51.5 Å².